The molecule has 0 spiro atoms. The van der Waals surface area contributed by atoms with Gasteiger partial charge in [-0.2, -0.15) is 23.0 Å². The molecule has 0 aromatic heterocycles. The zero-order chi connectivity index (χ0) is 6.04. The summed E-state index contributed by atoms with van der Waals surface area (Å²) in [6, 6.07) is 0. The zero-order valence-corrected chi connectivity index (χ0v) is 8.07. The zero-order valence-electron chi connectivity index (χ0n) is 5.44. The summed E-state index contributed by atoms with van der Waals surface area (Å²) in [7, 11) is -0.711. The van der Waals surface area contributed by atoms with Crippen molar-refractivity contribution < 1.29 is 0 Å². The Labute approximate surface area is 60.5 Å². The highest BCUT2D eigenvalue weighted by Crippen LogP contribution is 2.29. The predicted molar refractivity (Wildman–Crippen MR) is 47.3 cm³/mol. The molecule has 3 heteroatoms. The van der Waals surface area contributed by atoms with Crippen LogP contribution in [0.5, 0.6) is 0 Å². The van der Waals surface area contributed by atoms with Gasteiger partial charge in [0.25, 0.3) is 0 Å². The molecule has 1 aliphatic heterocycles. The van der Waals surface area contributed by atoms with Gasteiger partial charge in [-0.05, 0) is 11.1 Å². The molecule has 8 heavy (non-hydrogen) atoms. The van der Waals surface area contributed by atoms with Crippen LogP contribution < -0.4 is 0 Å². The molecule has 0 aliphatic carbocycles. The first-order valence-corrected chi connectivity index (χ1v) is 9.00. The smallest absolute Gasteiger partial charge is 0.121 e. The van der Waals surface area contributed by atoms with Crippen molar-refractivity contribution in [3.05, 3.63) is 0 Å². The van der Waals surface area contributed by atoms with Crippen molar-refractivity contribution in [3.8, 4) is 0 Å². The predicted octanol–water partition coefficient (Wildman–Crippen LogP) is 2.21. The van der Waals surface area contributed by atoms with E-state index in [0.29, 0.717) is 0 Å². The van der Waals surface area contributed by atoms with E-state index < -0.39 is 7.22 Å². The van der Waals surface area contributed by atoms with E-state index in [-0.39, 0.29) is 0 Å². The van der Waals surface area contributed by atoms with E-state index in [1.54, 1.807) is 0 Å². The molecule has 0 radical (unpaired) electrons. The molecule has 0 nitrogen and oxygen atoms in total. The molecule has 0 atom stereocenters. The fraction of sp³-hybridized carbons (Fsp3) is 1.00. The number of rotatable bonds is 0. The summed E-state index contributed by atoms with van der Waals surface area (Å²) in [5.41, 5.74) is 0. The summed E-state index contributed by atoms with van der Waals surface area (Å²) >= 11 is 4.38. The second kappa shape index (κ2) is 2.67. The van der Waals surface area contributed by atoms with Gasteiger partial charge in [0.2, 0.25) is 0 Å². The average molecular weight is 164 g/mol. The molecule has 1 rings (SSSR count). The third-order valence-corrected chi connectivity index (χ3v) is 10.7. The first-order chi connectivity index (χ1) is 3.71. The Balaban J connectivity index is 2.33. The van der Waals surface area contributed by atoms with E-state index in [2.05, 4.69) is 36.1 Å². The standard InChI is InChI=1S/C5H12S2Si/c1-8(2)5-6-3-4-7-8/h3-5H2,1-2H3. The third-order valence-electron chi connectivity index (χ3n) is 1.17. The maximum absolute atomic E-state index is 2.46. The Morgan fingerprint density at radius 3 is 2.25 bits per heavy atom. The molecule has 0 amide bonds. The molecular weight excluding hydrogens is 152 g/mol. The average Bonchev–Trinajstić information content (AvgIpc) is 1.65. The van der Waals surface area contributed by atoms with Gasteiger partial charge in [0.1, 0.15) is 7.22 Å². The van der Waals surface area contributed by atoms with E-state index in [1.165, 1.54) is 16.9 Å². The van der Waals surface area contributed by atoms with Crippen LogP contribution in [0.2, 0.25) is 13.1 Å². The van der Waals surface area contributed by atoms with Crippen molar-refractivity contribution in [3.63, 3.8) is 0 Å². The molecule has 0 N–H and O–H groups in total. The Kier molecular flexibility index (Phi) is 2.34. The molecule has 0 saturated carbocycles. The second-order valence-corrected chi connectivity index (χ2v) is 13.0. The molecule has 0 unspecified atom stereocenters. The second-order valence-electron chi connectivity index (χ2n) is 2.66. The van der Waals surface area contributed by atoms with Gasteiger partial charge in [-0.1, -0.05) is 13.1 Å². The first-order valence-electron chi connectivity index (χ1n) is 2.92. The lowest BCUT2D eigenvalue weighted by Gasteiger charge is -2.25. The van der Waals surface area contributed by atoms with Gasteiger partial charge in [0.15, 0.2) is 0 Å². The normalized spacial score (nSPS) is 27.8. The largest absolute Gasteiger partial charge is 0.184 e. The highest BCUT2D eigenvalue weighted by molar-refractivity contribution is 8.32. The molecule has 0 aromatic carbocycles. The summed E-state index contributed by atoms with van der Waals surface area (Å²) in [5.74, 6) is 2.80. The van der Waals surface area contributed by atoms with Gasteiger partial charge in [0, 0.05) is 5.75 Å². The molecular formula is C5H12S2Si. The molecule has 1 heterocycles. The SMILES string of the molecule is C[Si]1(C)CSCCS1. The summed E-state index contributed by atoms with van der Waals surface area (Å²) < 4.78 is 0. The van der Waals surface area contributed by atoms with Gasteiger partial charge >= 0.3 is 0 Å². The van der Waals surface area contributed by atoms with Crippen molar-refractivity contribution in [1.29, 1.82) is 0 Å². The van der Waals surface area contributed by atoms with E-state index >= 15 is 0 Å². The Morgan fingerprint density at radius 1 is 1.25 bits per heavy atom. The molecule has 48 valence electrons. The number of hydrogen-bond acceptors (Lipinski definition) is 2. The molecule has 1 fully saturated rings. The fourth-order valence-corrected chi connectivity index (χ4v) is 8.88. The van der Waals surface area contributed by atoms with Crippen molar-refractivity contribution in [1.82, 2.24) is 0 Å². The lowest BCUT2D eigenvalue weighted by Crippen LogP contribution is -2.29. The monoisotopic (exact) mass is 164 g/mol. The van der Waals surface area contributed by atoms with Gasteiger partial charge in [-0.3, -0.25) is 0 Å². The van der Waals surface area contributed by atoms with E-state index in [1.807, 2.05) is 0 Å². The van der Waals surface area contributed by atoms with E-state index in [4.69, 9.17) is 0 Å². The van der Waals surface area contributed by atoms with Crippen LogP contribution >= 0.6 is 23.0 Å². The Morgan fingerprint density at radius 2 is 2.00 bits per heavy atom. The minimum absolute atomic E-state index is 0.711. The highest BCUT2D eigenvalue weighted by atomic mass is 32.4. The number of hydrogen-bond donors (Lipinski definition) is 0. The molecule has 1 saturated heterocycles. The summed E-state index contributed by atoms with van der Waals surface area (Å²) in [4.78, 5) is 0. The lowest BCUT2D eigenvalue weighted by molar-refractivity contribution is 1.54. The fourth-order valence-electron chi connectivity index (χ4n) is 0.737. The van der Waals surface area contributed by atoms with Crippen molar-refractivity contribution in [2.45, 2.75) is 13.1 Å². The summed E-state index contributed by atoms with van der Waals surface area (Å²) in [6.07, 6.45) is 0. The molecule has 0 bridgehead atoms. The van der Waals surface area contributed by atoms with Crippen molar-refractivity contribution in [2.24, 2.45) is 0 Å². The van der Waals surface area contributed by atoms with Gasteiger partial charge in [-0.25, -0.2) is 0 Å². The van der Waals surface area contributed by atoms with Crippen molar-refractivity contribution in [2.75, 3.05) is 16.9 Å². The van der Waals surface area contributed by atoms with Gasteiger partial charge in [-0.15, -0.1) is 0 Å². The first kappa shape index (κ1) is 7.03. The van der Waals surface area contributed by atoms with Crippen LogP contribution in [-0.2, 0) is 0 Å². The van der Waals surface area contributed by atoms with Crippen LogP contribution in [0.4, 0.5) is 0 Å². The van der Waals surface area contributed by atoms with E-state index in [9.17, 15) is 0 Å². The van der Waals surface area contributed by atoms with Crippen LogP contribution in [0.25, 0.3) is 0 Å². The van der Waals surface area contributed by atoms with Crippen LogP contribution in [0.3, 0.4) is 0 Å². The lowest BCUT2D eigenvalue weighted by atomic mass is 11.0. The topological polar surface area (TPSA) is 0 Å². The van der Waals surface area contributed by atoms with Crippen LogP contribution in [0.15, 0.2) is 0 Å². The number of thioether (sulfide) groups is 1. The van der Waals surface area contributed by atoms with Crippen molar-refractivity contribution >= 4 is 30.2 Å². The maximum Gasteiger partial charge on any atom is 0.121 e. The quantitative estimate of drug-likeness (QED) is 0.504. The highest BCUT2D eigenvalue weighted by Gasteiger charge is 2.24. The molecule has 0 aromatic rings. The van der Waals surface area contributed by atoms with Gasteiger partial charge in [0.05, 0.1) is 0 Å². The minimum Gasteiger partial charge on any atom is -0.184 e. The molecule has 1 aliphatic rings. The van der Waals surface area contributed by atoms with Gasteiger partial charge < -0.3 is 0 Å². The Bertz CT molecular complexity index is 74.5. The minimum atomic E-state index is -0.711. The van der Waals surface area contributed by atoms with E-state index in [0.717, 1.165) is 0 Å². The summed E-state index contributed by atoms with van der Waals surface area (Å²) in [6.45, 7) is 4.92. The Hall–Kier alpha value is 0.917. The van der Waals surface area contributed by atoms with Crippen LogP contribution in [0, 0.1) is 0 Å². The van der Waals surface area contributed by atoms with Crippen LogP contribution in [-0.4, -0.2) is 24.1 Å². The maximum atomic E-state index is 2.46. The summed E-state index contributed by atoms with van der Waals surface area (Å²) in [5, 5.41) is 1.47. The van der Waals surface area contributed by atoms with Crippen LogP contribution in [0.1, 0.15) is 0 Å². The third kappa shape index (κ3) is 2.03.